The standard InChI is InChI=1S/C9H9FN2O7S/c10-6-3-5(12(16)17)1-2-8(6)20(18,19)11-7(4-13)9(14)15/h1-3,7,11,13H,4H2,(H,14,15). The lowest BCUT2D eigenvalue weighted by Gasteiger charge is -2.12. The van der Waals surface area contributed by atoms with Crippen LogP contribution < -0.4 is 4.72 Å². The van der Waals surface area contributed by atoms with E-state index in [1.54, 1.807) is 4.72 Å². The third-order valence-electron chi connectivity index (χ3n) is 2.19. The van der Waals surface area contributed by atoms with Gasteiger partial charge in [-0.05, 0) is 6.07 Å². The van der Waals surface area contributed by atoms with E-state index in [2.05, 4.69) is 0 Å². The second-order valence-corrected chi connectivity index (χ2v) is 5.25. The smallest absolute Gasteiger partial charge is 0.324 e. The van der Waals surface area contributed by atoms with Crippen molar-refractivity contribution in [2.45, 2.75) is 10.9 Å². The van der Waals surface area contributed by atoms with Crippen LogP contribution in [0.2, 0.25) is 0 Å². The van der Waals surface area contributed by atoms with Crippen LogP contribution in [0.4, 0.5) is 10.1 Å². The molecule has 0 spiro atoms. The highest BCUT2D eigenvalue weighted by atomic mass is 32.2. The van der Waals surface area contributed by atoms with E-state index in [1.807, 2.05) is 0 Å². The lowest BCUT2D eigenvalue weighted by atomic mass is 10.3. The Balaban J connectivity index is 3.16. The number of nitrogens with one attached hydrogen (secondary N) is 1. The molecule has 1 atom stereocenters. The van der Waals surface area contributed by atoms with E-state index in [-0.39, 0.29) is 0 Å². The Hall–Kier alpha value is -2.11. The van der Waals surface area contributed by atoms with Crippen molar-refractivity contribution in [3.05, 3.63) is 34.1 Å². The van der Waals surface area contributed by atoms with Gasteiger partial charge in [-0.3, -0.25) is 14.9 Å². The number of nitrogens with zero attached hydrogens (tertiary/aromatic N) is 1. The number of carboxylic acid groups (broad SMARTS) is 1. The summed E-state index contributed by atoms with van der Waals surface area (Å²) in [6.07, 6.45) is 0. The highest BCUT2D eigenvalue weighted by Crippen LogP contribution is 2.20. The molecule has 3 N–H and O–H groups in total. The Morgan fingerprint density at radius 3 is 2.50 bits per heavy atom. The van der Waals surface area contributed by atoms with Gasteiger partial charge >= 0.3 is 5.97 Å². The first-order valence-corrected chi connectivity index (χ1v) is 6.47. The van der Waals surface area contributed by atoms with Gasteiger partial charge in [-0.1, -0.05) is 0 Å². The fourth-order valence-electron chi connectivity index (χ4n) is 1.24. The van der Waals surface area contributed by atoms with E-state index in [0.717, 1.165) is 6.07 Å². The Kier molecular flexibility index (Phi) is 4.70. The van der Waals surface area contributed by atoms with Crippen LogP contribution in [-0.4, -0.2) is 42.2 Å². The van der Waals surface area contributed by atoms with Crippen LogP contribution in [-0.2, 0) is 14.8 Å². The van der Waals surface area contributed by atoms with Crippen LogP contribution in [0.3, 0.4) is 0 Å². The molecule has 0 radical (unpaired) electrons. The highest BCUT2D eigenvalue weighted by molar-refractivity contribution is 7.89. The summed E-state index contributed by atoms with van der Waals surface area (Å²) in [7, 11) is -4.58. The Bertz CT molecular complexity index is 646. The maximum Gasteiger partial charge on any atom is 0.324 e. The molecule has 0 heterocycles. The number of non-ortho nitro benzene ring substituents is 1. The van der Waals surface area contributed by atoms with Gasteiger partial charge < -0.3 is 10.2 Å². The predicted octanol–water partition coefficient (Wildman–Crippen LogP) is -0.542. The molecule has 9 nitrogen and oxygen atoms in total. The van der Waals surface area contributed by atoms with Crippen molar-refractivity contribution >= 4 is 21.7 Å². The van der Waals surface area contributed by atoms with E-state index in [9.17, 15) is 27.7 Å². The summed E-state index contributed by atoms with van der Waals surface area (Å²) in [6.45, 7) is -1.04. The topological polar surface area (TPSA) is 147 Å². The van der Waals surface area contributed by atoms with Crippen LogP contribution in [0.1, 0.15) is 0 Å². The van der Waals surface area contributed by atoms with Crippen LogP contribution in [0.5, 0.6) is 0 Å². The van der Waals surface area contributed by atoms with Gasteiger partial charge in [-0.25, -0.2) is 12.8 Å². The van der Waals surface area contributed by atoms with Crippen molar-refractivity contribution < 1.29 is 32.7 Å². The highest BCUT2D eigenvalue weighted by Gasteiger charge is 2.27. The van der Waals surface area contributed by atoms with Crippen molar-refractivity contribution in [1.29, 1.82) is 0 Å². The van der Waals surface area contributed by atoms with Gasteiger partial charge in [-0.2, -0.15) is 4.72 Å². The first kappa shape index (κ1) is 15.9. The van der Waals surface area contributed by atoms with Gasteiger partial charge in [-0.15, -0.1) is 0 Å². The monoisotopic (exact) mass is 308 g/mol. The maximum atomic E-state index is 13.5. The van der Waals surface area contributed by atoms with Crippen molar-refractivity contribution in [3.63, 3.8) is 0 Å². The Morgan fingerprint density at radius 1 is 1.50 bits per heavy atom. The van der Waals surface area contributed by atoms with Gasteiger partial charge in [0, 0.05) is 6.07 Å². The van der Waals surface area contributed by atoms with Crippen LogP contribution in [0.25, 0.3) is 0 Å². The Morgan fingerprint density at radius 2 is 2.10 bits per heavy atom. The molecule has 11 heteroatoms. The minimum atomic E-state index is -4.58. The summed E-state index contributed by atoms with van der Waals surface area (Å²) < 4.78 is 38.5. The predicted molar refractivity (Wildman–Crippen MR) is 61.9 cm³/mol. The molecule has 1 aromatic rings. The molecular formula is C9H9FN2O7S. The van der Waals surface area contributed by atoms with E-state index in [0.29, 0.717) is 12.1 Å². The number of aliphatic hydroxyl groups is 1. The molecule has 0 saturated carbocycles. The van der Waals surface area contributed by atoms with Gasteiger partial charge in [0.15, 0.2) is 0 Å². The fourth-order valence-corrected chi connectivity index (χ4v) is 2.48. The number of sulfonamides is 1. The number of nitro groups is 1. The summed E-state index contributed by atoms with van der Waals surface area (Å²) in [5.74, 6) is -3.06. The first-order valence-electron chi connectivity index (χ1n) is 4.99. The molecule has 0 saturated heterocycles. The number of rotatable bonds is 6. The average molecular weight is 308 g/mol. The first-order chi connectivity index (χ1) is 9.19. The lowest BCUT2D eigenvalue weighted by Crippen LogP contribution is -2.43. The van der Waals surface area contributed by atoms with Gasteiger partial charge in [0.1, 0.15) is 16.8 Å². The normalized spacial score (nSPS) is 12.9. The van der Waals surface area contributed by atoms with Crippen molar-refractivity contribution in [3.8, 4) is 0 Å². The quantitative estimate of drug-likeness (QED) is 0.472. The zero-order valence-corrected chi connectivity index (χ0v) is 10.5. The molecule has 20 heavy (non-hydrogen) atoms. The number of benzene rings is 1. The van der Waals surface area contributed by atoms with Crippen LogP contribution >= 0.6 is 0 Å². The molecule has 1 unspecified atom stereocenters. The van der Waals surface area contributed by atoms with Crippen molar-refractivity contribution in [1.82, 2.24) is 4.72 Å². The zero-order chi connectivity index (χ0) is 15.5. The third kappa shape index (κ3) is 3.46. The molecule has 0 fully saturated rings. The molecule has 0 bridgehead atoms. The number of nitro benzene ring substituents is 1. The maximum absolute atomic E-state index is 13.5. The number of hydrogen-bond acceptors (Lipinski definition) is 6. The van der Waals surface area contributed by atoms with E-state index < -0.39 is 50.0 Å². The SMILES string of the molecule is O=C(O)C(CO)NS(=O)(=O)c1ccc([N+](=O)[O-])cc1F. The summed E-state index contributed by atoms with van der Waals surface area (Å²) in [5, 5.41) is 27.7. The van der Waals surface area contributed by atoms with Gasteiger partial charge in [0.25, 0.3) is 5.69 Å². The second-order valence-electron chi connectivity index (χ2n) is 3.57. The largest absolute Gasteiger partial charge is 0.480 e. The molecule has 0 aromatic heterocycles. The fraction of sp³-hybridized carbons (Fsp3) is 0.222. The molecule has 0 amide bonds. The minimum Gasteiger partial charge on any atom is -0.480 e. The molecule has 0 aliphatic rings. The minimum absolute atomic E-state index is 0.392. The lowest BCUT2D eigenvalue weighted by molar-refractivity contribution is -0.385. The number of aliphatic carboxylic acids is 1. The molecule has 1 rings (SSSR count). The van der Waals surface area contributed by atoms with Crippen LogP contribution in [0.15, 0.2) is 23.1 Å². The molecule has 0 aliphatic carbocycles. The van der Waals surface area contributed by atoms with Crippen molar-refractivity contribution in [2.75, 3.05) is 6.61 Å². The van der Waals surface area contributed by atoms with Gasteiger partial charge in [0.05, 0.1) is 17.6 Å². The summed E-state index contributed by atoms with van der Waals surface area (Å²) in [5.41, 5.74) is -0.654. The van der Waals surface area contributed by atoms with Crippen LogP contribution in [0, 0.1) is 15.9 Å². The Labute approximate surface area is 111 Å². The molecule has 0 aliphatic heterocycles. The number of carboxylic acids is 1. The third-order valence-corrected chi connectivity index (χ3v) is 3.70. The molecular weight excluding hydrogens is 299 g/mol. The zero-order valence-electron chi connectivity index (χ0n) is 9.69. The second kappa shape index (κ2) is 5.90. The van der Waals surface area contributed by atoms with Gasteiger partial charge in [0.2, 0.25) is 10.0 Å². The number of carbonyl (C=O) groups is 1. The number of halogens is 1. The number of aliphatic hydroxyl groups excluding tert-OH is 1. The number of hydrogen-bond donors (Lipinski definition) is 3. The summed E-state index contributed by atoms with van der Waals surface area (Å²) in [4.78, 5) is 19.1. The van der Waals surface area contributed by atoms with E-state index >= 15 is 0 Å². The van der Waals surface area contributed by atoms with Crippen molar-refractivity contribution in [2.24, 2.45) is 0 Å². The molecule has 110 valence electrons. The van der Waals surface area contributed by atoms with E-state index in [4.69, 9.17) is 10.2 Å². The van der Waals surface area contributed by atoms with E-state index in [1.165, 1.54) is 0 Å². The summed E-state index contributed by atoms with van der Waals surface area (Å²) >= 11 is 0. The average Bonchev–Trinajstić information content (AvgIpc) is 2.35. The molecule has 1 aromatic carbocycles. The summed E-state index contributed by atoms with van der Waals surface area (Å²) in [6, 6.07) is -0.0727.